The number of halogens is 3. The molecule has 1 unspecified atom stereocenters. The summed E-state index contributed by atoms with van der Waals surface area (Å²) in [6.07, 6.45) is -4.86. The first kappa shape index (κ1) is 23.9. The molecule has 1 atom stereocenters. The van der Waals surface area contributed by atoms with Gasteiger partial charge in [0.15, 0.2) is 11.5 Å². The highest BCUT2D eigenvalue weighted by atomic mass is 32.2. The number of nitrogens with zero attached hydrogens (tertiary/aromatic N) is 2. The second-order valence-corrected chi connectivity index (χ2v) is 7.76. The lowest BCUT2D eigenvalue weighted by Crippen LogP contribution is -2.13. The zero-order valence-corrected chi connectivity index (χ0v) is 18.2. The van der Waals surface area contributed by atoms with E-state index in [-0.39, 0.29) is 22.0 Å². The van der Waals surface area contributed by atoms with Crippen molar-refractivity contribution in [2.24, 2.45) is 0 Å². The normalized spacial score (nSPS) is 12.0. The first-order chi connectivity index (χ1) is 15.7. The van der Waals surface area contributed by atoms with E-state index in [2.05, 4.69) is 4.98 Å². The Kier molecular flexibility index (Phi) is 7.13. The van der Waals surface area contributed by atoms with Gasteiger partial charge in [-0.05, 0) is 29.8 Å². The number of carbonyl (C=O) groups is 1. The van der Waals surface area contributed by atoms with Crippen LogP contribution in [0.1, 0.15) is 21.9 Å². The minimum atomic E-state index is -4.86. The van der Waals surface area contributed by atoms with Crippen molar-refractivity contribution >= 4 is 17.7 Å². The number of methoxy groups -OCH3 is 2. The molecule has 1 N–H and O–H groups in total. The zero-order valence-electron chi connectivity index (χ0n) is 17.4. The van der Waals surface area contributed by atoms with Crippen molar-refractivity contribution < 1.29 is 32.5 Å². The van der Waals surface area contributed by atoms with Crippen LogP contribution in [-0.4, -0.2) is 30.3 Å². The Morgan fingerprint density at radius 2 is 1.76 bits per heavy atom. The highest BCUT2D eigenvalue weighted by molar-refractivity contribution is 8.00. The van der Waals surface area contributed by atoms with Gasteiger partial charge in [-0.1, -0.05) is 42.1 Å². The number of aliphatic carboxylic acids is 1. The largest absolute Gasteiger partial charge is 0.493 e. The van der Waals surface area contributed by atoms with Gasteiger partial charge in [-0.2, -0.15) is 18.4 Å². The van der Waals surface area contributed by atoms with Crippen molar-refractivity contribution in [1.29, 1.82) is 5.26 Å². The average Bonchev–Trinajstić information content (AvgIpc) is 2.81. The third-order valence-corrected chi connectivity index (χ3v) is 5.87. The molecule has 3 rings (SSSR count). The smallest absolute Gasteiger partial charge is 0.417 e. The van der Waals surface area contributed by atoms with Crippen LogP contribution in [-0.2, 0) is 11.0 Å². The van der Waals surface area contributed by atoms with Gasteiger partial charge >= 0.3 is 12.1 Å². The number of hydrogen-bond acceptors (Lipinski definition) is 6. The number of pyridine rings is 1. The van der Waals surface area contributed by atoms with Gasteiger partial charge in [-0.15, -0.1) is 0 Å². The number of carboxylic acid groups (broad SMARTS) is 1. The Morgan fingerprint density at radius 1 is 1.09 bits per heavy atom. The highest BCUT2D eigenvalue weighted by Crippen LogP contribution is 2.43. The monoisotopic (exact) mass is 474 g/mol. The van der Waals surface area contributed by atoms with Crippen LogP contribution in [0.25, 0.3) is 11.3 Å². The van der Waals surface area contributed by atoms with E-state index in [1.807, 2.05) is 0 Å². The van der Waals surface area contributed by atoms with Crippen molar-refractivity contribution in [1.82, 2.24) is 4.98 Å². The van der Waals surface area contributed by atoms with Gasteiger partial charge < -0.3 is 14.6 Å². The molecule has 3 aromatic rings. The summed E-state index contributed by atoms with van der Waals surface area (Å²) in [5.74, 6) is -0.630. The minimum Gasteiger partial charge on any atom is -0.493 e. The molecule has 0 amide bonds. The van der Waals surface area contributed by atoms with Crippen LogP contribution in [0.5, 0.6) is 11.5 Å². The summed E-state index contributed by atoms with van der Waals surface area (Å²) in [4.78, 5) is 16.2. The molecule has 1 heterocycles. The molecule has 10 heteroatoms. The molecule has 0 aliphatic heterocycles. The third-order valence-electron chi connectivity index (χ3n) is 4.64. The van der Waals surface area contributed by atoms with Gasteiger partial charge in [0.25, 0.3) is 0 Å². The molecular weight excluding hydrogens is 457 g/mol. The molecule has 0 bridgehead atoms. The molecule has 1 aromatic heterocycles. The van der Waals surface area contributed by atoms with E-state index >= 15 is 0 Å². The molecule has 0 saturated heterocycles. The summed E-state index contributed by atoms with van der Waals surface area (Å²) < 4.78 is 51.9. The fourth-order valence-corrected chi connectivity index (χ4v) is 4.12. The molecule has 0 aliphatic carbocycles. The Labute approximate surface area is 191 Å². The van der Waals surface area contributed by atoms with E-state index in [4.69, 9.17) is 9.47 Å². The Balaban J connectivity index is 2.21. The fourth-order valence-electron chi connectivity index (χ4n) is 3.08. The topological polar surface area (TPSA) is 92.4 Å². The molecule has 0 radical (unpaired) electrons. The highest BCUT2D eigenvalue weighted by Gasteiger charge is 2.37. The average molecular weight is 474 g/mol. The van der Waals surface area contributed by atoms with E-state index in [0.717, 1.165) is 6.07 Å². The van der Waals surface area contributed by atoms with Crippen LogP contribution in [0.2, 0.25) is 0 Å². The summed E-state index contributed by atoms with van der Waals surface area (Å²) in [5.41, 5.74) is -1.41. The zero-order chi connectivity index (χ0) is 24.2. The lowest BCUT2D eigenvalue weighted by molar-refractivity contribution is -0.138. The van der Waals surface area contributed by atoms with Crippen molar-refractivity contribution in [2.75, 3.05) is 14.2 Å². The number of ether oxygens (including phenoxy) is 2. The fraction of sp³-hybridized carbons (Fsp3) is 0.174. The Bertz CT molecular complexity index is 1210. The van der Waals surface area contributed by atoms with Crippen LogP contribution in [0.4, 0.5) is 13.2 Å². The Hall–Kier alpha value is -3.71. The molecular formula is C23H17F3N2O4S. The molecule has 33 heavy (non-hydrogen) atoms. The summed E-state index contributed by atoms with van der Waals surface area (Å²) in [6.45, 7) is 0. The number of nitriles is 1. The molecule has 2 aromatic carbocycles. The van der Waals surface area contributed by atoms with Gasteiger partial charge in [0.05, 0.1) is 31.0 Å². The van der Waals surface area contributed by atoms with Gasteiger partial charge in [-0.25, -0.2) is 4.98 Å². The van der Waals surface area contributed by atoms with E-state index in [0.29, 0.717) is 23.1 Å². The maximum absolute atomic E-state index is 13.8. The van der Waals surface area contributed by atoms with Crippen molar-refractivity contribution in [3.05, 3.63) is 71.3 Å². The predicted octanol–water partition coefficient (Wildman–Crippen LogP) is 5.57. The summed E-state index contributed by atoms with van der Waals surface area (Å²) >= 11 is 0.569. The summed E-state index contributed by atoms with van der Waals surface area (Å²) in [7, 11) is 2.80. The first-order valence-corrected chi connectivity index (χ1v) is 10.3. The second kappa shape index (κ2) is 9.83. The van der Waals surface area contributed by atoms with Gasteiger partial charge in [0.2, 0.25) is 0 Å². The van der Waals surface area contributed by atoms with E-state index in [1.165, 1.54) is 32.4 Å². The predicted molar refractivity (Wildman–Crippen MR) is 115 cm³/mol. The van der Waals surface area contributed by atoms with Crippen LogP contribution in [0.3, 0.4) is 0 Å². The lowest BCUT2D eigenvalue weighted by atomic mass is 10.0. The number of aromatic nitrogens is 1. The lowest BCUT2D eigenvalue weighted by Gasteiger charge is -2.17. The molecule has 0 saturated carbocycles. The van der Waals surface area contributed by atoms with Gasteiger partial charge in [0.1, 0.15) is 16.3 Å². The maximum atomic E-state index is 13.8. The quantitative estimate of drug-likeness (QED) is 0.447. The SMILES string of the molecule is COc1ccc(-c2cc(C(F)(F)F)c(C#N)c(SC(C(=O)O)c3ccccc3)n2)cc1OC. The molecule has 0 fully saturated rings. The number of hydrogen-bond donors (Lipinski definition) is 1. The van der Waals surface area contributed by atoms with Crippen LogP contribution in [0.15, 0.2) is 59.6 Å². The molecule has 170 valence electrons. The van der Waals surface area contributed by atoms with E-state index in [9.17, 15) is 28.3 Å². The maximum Gasteiger partial charge on any atom is 0.417 e. The van der Waals surface area contributed by atoms with Crippen LogP contribution < -0.4 is 9.47 Å². The van der Waals surface area contributed by atoms with Crippen molar-refractivity contribution in [2.45, 2.75) is 16.5 Å². The molecule has 6 nitrogen and oxygen atoms in total. The molecule has 0 spiro atoms. The summed E-state index contributed by atoms with van der Waals surface area (Å²) in [5, 5.41) is 17.6. The summed E-state index contributed by atoms with van der Waals surface area (Å²) in [6, 6.07) is 14.8. The molecule has 0 aliphatic rings. The van der Waals surface area contributed by atoms with E-state index < -0.39 is 28.5 Å². The van der Waals surface area contributed by atoms with Crippen molar-refractivity contribution in [3.8, 4) is 28.8 Å². The minimum absolute atomic E-state index is 0.0954. The number of carboxylic acids is 1. The van der Waals surface area contributed by atoms with Crippen LogP contribution in [0, 0.1) is 11.3 Å². The van der Waals surface area contributed by atoms with Crippen molar-refractivity contribution in [3.63, 3.8) is 0 Å². The second-order valence-electron chi connectivity index (χ2n) is 6.66. The van der Waals surface area contributed by atoms with Gasteiger partial charge in [-0.3, -0.25) is 4.79 Å². The van der Waals surface area contributed by atoms with Gasteiger partial charge in [0, 0.05) is 5.56 Å². The van der Waals surface area contributed by atoms with Crippen LogP contribution >= 0.6 is 11.8 Å². The first-order valence-electron chi connectivity index (χ1n) is 9.38. The number of rotatable bonds is 7. The number of benzene rings is 2. The van der Waals surface area contributed by atoms with E-state index in [1.54, 1.807) is 36.4 Å². The third kappa shape index (κ3) is 5.21. The standard InChI is InChI=1S/C23H17F3N2O4S/c1-31-18-9-8-14(10-19(18)32-2)17-11-16(23(24,25)26)15(12-27)21(28-17)33-20(22(29)30)13-6-4-3-5-7-13/h3-11,20H,1-2H3,(H,29,30). The number of alkyl halides is 3. The number of thioether (sulfide) groups is 1. The Morgan fingerprint density at radius 3 is 2.30 bits per heavy atom.